The van der Waals surface area contributed by atoms with E-state index >= 15 is 0 Å². The molecular weight excluding hydrogens is 376 g/mol. The lowest BCUT2D eigenvalue weighted by molar-refractivity contribution is -0.139. The van der Waals surface area contributed by atoms with Gasteiger partial charge in [-0.3, -0.25) is 0 Å². The van der Waals surface area contributed by atoms with Crippen LogP contribution in [0.3, 0.4) is 0 Å². The Labute approximate surface area is 167 Å². The van der Waals surface area contributed by atoms with E-state index in [9.17, 15) is 4.79 Å². The molecule has 144 valence electrons. The van der Waals surface area contributed by atoms with Crippen molar-refractivity contribution < 1.29 is 24.1 Å². The molecule has 28 heavy (non-hydrogen) atoms. The van der Waals surface area contributed by atoms with E-state index in [1.807, 2.05) is 18.2 Å². The molecule has 1 aromatic heterocycles. The van der Waals surface area contributed by atoms with Gasteiger partial charge >= 0.3 is 5.97 Å². The molecule has 0 bridgehead atoms. The van der Waals surface area contributed by atoms with Gasteiger partial charge < -0.3 is 19.3 Å². The number of carboxylic acids is 1. The predicted octanol–water partition coefficient (Wildman–Crippen LogP) is 5.20. The zero-order valence-corrected chi connectivity index (χ0v) is 16.6. The number of ether oxygens (including phenoxy) is 3. The first-order valence-electron chi connectivity index (χ1n) is 8.54. The highest BCUT2D eigenvalue weighted by Gasteiger charge is 2.15. The standard InChI is InChI=1S/C22H20O5S/c1-14(25-2)8-9-15-10-17(19(26-3)12-18(15)27-13-22(23)24)21-11-16-6-4-5-7-20(16)28-21/h4-7,9-12H,13H2,1-3H3,(H,23,24). The molecule has 0 saturated heterocycles. The summed E-state index contributed by atoms with van der Waals surface area (Å²) in [6, 6.07) is 13.9. The number of allylic oxidation sites excluding steroid dienone is 1. The zero-order valence-electron chi connectivity index (χ0n) is 15.8. The lowest BCUT2D eigenvalue weighted by Crippen LogP contribution is -2.10. The van der Waals surface area contributed by atoms with Gasteiger partial charge in [0.2, 0.25) is 0 Å². The Balaban J connectivity index is 2.15. The molecule has 0 radical (unpaired) electrons. The largest absolute Gasteiger partial charge is 0.496 e. The Morgan fingerprint density at radius 2 is 1.96 bits per heavy atom. The monoisotopic (exact) mass is 396 g/mol. The maximum absolute atomic E-state index is 10.9. The Bertz CT molecular complexity index is 1040. The highest BCUT2D eigenvalue weighted by atomic mass is 32.1. The fourth-order valence-corrected chi connectivity index (χ4v) is 3.75. The number of benzene rings is 2. The molecule has 0 atom stereocenters. The average molecular weight is 396 g/mol. The molecule has 0 aliphatic rings. The number of thiophene rings is 1. The molecule has 0 amide bonds. The fraction of sp³-hybridized carbons (Fsp3) is 0.182. The molecule has 5 nitrogen and oxygen atoms in total. The van der Waals surface area contributed by atoms with Gasteiger partial charge in [-0.15, -0.1) is 11.3 Å². The lowest BCUT2D eigenvalue weighted by atomic mass is 10.1. The van der Waals surface area contributed by atoms with Crippen LogP contribution in [0.2, 0.25) is 0 Å². The van der Waals surface area contributed by atoms with Crippen LogP contribution in [0, 0.1) is 0 Å². The van der Waals surface area contributed by atoms with E-state index in [0.717, 1.165) is 15.8 Å². The topological polar surface area (TPSA) is 65.0 Å². The van der Waals surface area contributed by atoms with Gasteiger partial charge in [0.1, 0.15) is 17.3 Å². The van der Waals surface area contributed by atoms with Crippen LogP contribution in [0.1, 0.15) is 12.5 Å². The summed E-state index contributed by atoms with van der Waals surface area (Å²) in [6.07, 6.45) is 1.71. The highest BCUT2D eigenvalue weighted by molar-refractivity contribution is 7.22. The van der Waals surface area contributed by atoms with Crippen molar-refractivity contribution in [1.29, 1.82) is 0 Å². The van der Waals surface area contributed by atoms with Gasteiger partial charge in [0.25, 0.3) is 0 Å². The summed E-state index contributed by atoms with van der Waals surface area (Å²) in [5.74, 6) is 0.562. The van der Waals surface area contributed by atoms with Crippen molar-refractivity contribution in [1.82, 2.24) is 0 Å². The molecule has 0 fully saturated rings. The average Bonchev–Trinajstić information content (AvgIpc) is 3.14. The molecule has 0 aliphatic heterocycles. The molecule has 1 N–H and O–H groups in total. The smallest absolute Gasteiger partial charge is 0.341 e. The first kappa shape index (κ1) is 19.5. The highest BCUT2D eigenvalue weighted by Crippen LogP contribution is 2.41. The van der Waals surface area contributed by atoms with Crippen LogP contribution in [0.4, 0.5) is 0 Å². The molecule has 1 heterocycles. The Kier molecular flexibility index (Phi) is 6.04. The molecule has 0 spiro atoms. The summed E-state index contributed by atoms with van der Waals surface area (Å²) >= 11 is 1.66. The fourth-order valence-electron chi connectivity index (χ4n) is 2.67. The van der Waals surface area contributed by atoms with E-state index in [1.165, 1.54) is 4.70 Å². The Hall–Kier alpha value is -3.21. The first-order chi connectivity index (χ1) is 13.5. The minimum absolute atomic E-state index is 0.403. The summed E-state index contributed by atoms with van der Waals surface area (Å²) in [5.41, 5.74) is 4.61. The van der Waals surface area contributed by atoms with Crippen LogP contribution in [-0.2, 0) is 9.53 Å². The second-order valence-corrected chi connectivity index (χ2v) is 7.05. The third kappa shape index (κ3) is 4.36. The van der Waals surface area contributed by atoms with Crippen LogP contribution in [0.5, 0.6) is 11.5 Å². The van der Waals surface area contributed by atoms with Crippen molar-refractivity contribution >= 4 is 33.5 Å². The molecule has 0 saturated carbocycles. The second-order valence-electron chi connectivity index (χ2n) is 5.97. The van der Waals surface area contributed by atoms with Crippen LogP contribution < -0.4 is 9.47 Å². The Morgan fingerprint density at radius 3 is 2.64 bits per heavy atom. The summed E-state index contributed by atoms with van der Waals surface area (Å²) in [7, 11) is 3.15. The molecular formula is C22H20O5S. The number of carbonyl (C=O) groups is 1. The minimum atomic E-state index is -1.05. The van der Waals surface area contributed by atoms with E-state index in [-0.39, 0.29) is 0 Å². The predicted molar refractivity (Wildman–Crippen MR) is 111 cm³/mol. The lowest BCUT2D eigenvalue weighted by Gasteiger charge is -2.13. The SMILES string of the molecule is COC(C)=C=Cc1cc(-c2cc3ccccc3s2)c(OC)cc1OCC(=O)O. The quantitative estimate of drug-likeness (QED) is 0.439. The minimum Gasteiger partial charge on any atom is -0.496 e. The van der Waals surface area contributed by atoms with Gasteiger partial charge in [0.15, 0.2) is 6.61 Å². The van der Waals surface area contributed by atoms with E-state index in [0.29, 0.717) is 22.8 Å². The number of carboxylic acid groups (broad SMARTS) is 1. The van der Waals surface area contributed by atoms with Crippen LogP contribution in [0.15, 0.2) is 54.0 Å². The van der Waals surface area contributed by atoms with Crippen molar-refractivity contribution in [3.8, 4) is 21.9 Å². The van der Waals surface area contributed by atoms with Gasteiger partial charge in [-0.25, -0.2) is 4.79 Å². The maximum Gasteiger partial charge on any atom is 0.341 e. The van der Waals surface area contributed by atoms with Gasteiger partial charge in [0.05, 0.1) is 14.2 Å². The molecule has 3 aromatic rings. The van der Waals surface area contributed by atoms with Crippen molar-refractivity contribution in [2.24, 2.45) is 0 Å². The van der Waals surface area contributed by atoms with Crippen LogP contribution in [-0.4, -0.2) is 31.9 Å². The van der Waals surface area contributed by atoms with E-state index in [2.05, 4.69) is 23.9 Å². The number of methoxy groups -OCH3 is 2. The third-order valence-corrected chi connectivity index (χ3v) is 5.26. The molecule has 2 aromatic carbocycles. The van der Waals surface area contributed by atoms with Crippen LogP contribution >= 0.6 is 11.3 Å². The summed E-state index contributed by atoms with van der Waals surface area (Å²) in [6.45, 7) is 1.34. The second kappa shape index (κ2) is 8.65. The number of aliphatic carboxylic acids is 1. The number of hydrogen-bond donors (Lipinski definition) is 1. The summed E-state index contributed by atoms with van der Waals surface area (Å²) in [5, 5.41) is 10.1. The maximum atomic E-state index is 10.9. The van der Waals surface area contributed by atoms with E-state index in [1.54, 1.807) is 44.6 Å². The zero-order chi connectivity index (χ0) is 20.1. The normalized spacial score (nSPS) is 10.2. The van der Waals surface area contributed by atoms with Gasteiger partial charge in [-0.2, -0.15) is 0 Å². The van der Waals surface area contributed by atoms with Gasteiger partial charge in [-0.1, -0.05) is 23.9 Å². The summed E-state index contributed by atoms with van der Waals surface area (Å²) < 4.78 is 17.3. The number of rotatable bonds is 7. The molecule has 0 aliphatic carbocycles. The van der Waals surface area contributed by atoms with Gasteiger partial charge in [-0.05, 0) is 29.7 Å². The van der Waals surface area contributed by atoms with Crippen LogP contribution in [0.25, 0.3) is 26.6 Å². The Morgan fingerprint density at radius 1 is 1.18 bits per heavy atom. The van der Waals surface area contributed by atoms with E-state index in [4.69, 9.17) is 19.3 Å². The summed E-state index contributed by atoms with van der Waals surface area (Å²) in [4.78, 5) is 12.0. The number of fused-ring (bicyclic) bond motifs is 1. The van der Waals surface area contributed by atoms with Crippen molar-refractivity contribution in [3.63, 3.8) is 0 Å². The first-order valence-corrected chi connectivity index (χ1v) is 9.36. The van der Waals surface area contributed by atoms with E-state index < -0.39 is 12.6 Å². The van der Waals surface area contributed by atoms with Crippen molar-refractivity contribution in [2.75, 3.05) is 20.8 Å². The third-order valence-electron chi connectivity index (χ3n) is 4.11. The number of hydrogen-bond acceptors (Lipinski definition) is 5. The van der Waals surface area contributed by atoms with Crippen molar-refractivity contribution in [2.45, 2.75) is 6.92 Å². The van der Waals surface area contributed by atoms with Gasteiger partial charge in [0, 0.05) is 33.7 Å². The van der Waals surface area contributed by atoms with Crippen molar-refractivity contribution in [3.05, 3.63) is 59.5 Å². The molecule has 0 unspecified atom stereocenters. The molecule has 3 rings (SSSR count). The molecule has 6 heteroatoms.